The third-order valence-corrected chi connectivity index (χ3v) is 2.82. The molecule has 0 aliphatic carbocycles. The smallest absolute Gasteiger partial charge is 0.131 e. The molecule has 96 valence electrons. The minimum absolute atomic E-state index is 0.619. The molecule has 0 aliphatic heterocycles. The molecule has 4 nitrogen and oxygen atoms in total. The van der Waals surface area contributed by atoms with Crippen molar-refractivity contribution in [3.63, 3.8) is 0 Å². The van der Waals surface area contributed by atoms with Gasteiger partial charge >= 0.3 is 0 Å². The highest BCUT2D eigenvalue weighted by atomic mass is 35.5. The van der Waals surface area contributed by atoms with Gasteiger partial charge in [-0.25, -0.2) is 0 Å². The first-order valence-electron chi connectivity index (χ1n) is 5.63. The molecule has 0 radical (unpaired) electrons. The van der Waals surface area contributed by atoms with Gasteiger partial charge in [-0.15, -0.1) is 0 Å². The van der Waals surface area contributed by atoms with Gasteiger partial charge in [-0.1, -0.05) is 23.8 Å². The topological polar surface area (TPSA) is 39.1 Å². The van der Waals surface area contributed by atoms with Gasteiger partial charge in [-0.2, -0.15) is 5.10 Å². The second-order valence-corrected chi connectivity index (χ2v) is 4.52. The molecule has 1 aromatic heterocycles. The van der Waals surface area contributed by atoms with Crippen LogP contribution in [0.4, 0.5) is 0 Å². The second kappa shape index (κ2) is 6.79. The molecule has 0 bridgehead atoms. The number of halogens is 1. The van der Waals surface area contributed by atoms with Gasteiger partial charge in [0.25, 0.3) is 0 Å². The average molecular weight is 258 g/mol. The van der Waals surface area contributed by atoms with E-state index in [1.54, 1.807) is 4.68 Å². The lowest BCUT2D eigenvalue weighted by molar-refractivity contribution is 0.157. The molecule has 1 rings (SSSR count). The first kappa shape index (κ1) is 14.2. The Hall–Kier alpha value is -0.840. The van der Waals surface area contributed by atoms with Gasteiger partial charge < -0.3 is 10.1 Å². The van der Waals surface area contributed by atoms with Crippen molar-refractivity contribution in [2.45, 2.75) is 20.4 Å². The van der Waals surface area contributed by atoms with Gasteiger partial charge in [-0.3, -0.25) is 4.68 Å². The highest BCUT2D eigenvalue weighted by Crippen LogP contribution is 2.17. The number of ether oxygens (including phenoxy) is 1. The first-order valence-corrected chi connectivity index (χ1v) is 6.01. The summed E-state index contributed by atoms with van der Waals surface area (Å²) in [4.78, 5) is 0. The van der Waals surface area contributed by atoms with Crippen molar-refractivity contribution in [1.82, 2.24) is 15.1 Å². The Bertz CT molecular complexity index is 387. The van der Waals surface area contributed by atoms with Crippen LogP contribution in [0, 0.1) is 6.92 Å². The van der Waals surface area contributed by atoms with Crippen LogP contribution in [-0.2, 0) is 18.3 Å². The molecule has 0 aromatic carbocycles. The van der Waals surface area contributed by atoms with Crippen LogP contribution in [0.15, 0.2) is 12.2 Å². The molecule has 0 spiro atoms. The summed E-state index contributed by atoms with van der Waals surface area (Å²) < 4.78 is 7.07. The summed E-state index contributed by atoms with van der Waals surface area (Å²) in [5.74, 6) is 0. The predicted octanol–water partition coefficient (Wildman–Crippen LogP) is 2.06. The average Bonchev–Trinajstić information content (AvgIpc) is 2.48. The van der Waals surface area contributed by atoms with Crippen LogP contribution >= 0.6 is 11.6 Å². The van der Waals surface area contributed by atoms with E-state index in [9.17, 15) is 0 Å². The van der Waals surface area contributed by atoms with E-state index in [2.05, 4.69) is 17.0 Å². The van der Waals surface area contributed by atoms with Crippen molar-refractivity contribution in [1.29, 1.82) is 0 Å². The van der Waals surface area contributed by atoms with E-state index in [0.717, 1.165) is 29.9 Å². The molecule has 0 saturated carbocycles. The molecule has 0 atom stereocenters. The molecule has 1 N–H and O–H groups in total. The summed E-state index contributed by atoms with van der Waals surface area (Å²) in [5.41, 5.74) is 3.05. The molecule has 0 unspecified atom stereocenters. The Labute approximate surface area is 108 Å². The summed E-state index contributed by atoms with van der Waals surface area (Å²) in [6, 6.07) is 0. The van der Waals surface area contributed by atoms with E-state index in [1.165, 1.54) is 0 Å². The van der Waals surface area contributed by atoms with E-state index in [1.807, 2.05) is 20.9 Å². The van der Waals surface area contributed by atoms with Crippen molar-refractivity contribution in [3.8, 4) is 0 Å². The lowest BCUT2D eigenvalue weighted by atomic mass is 10.2. The minimum Gasteiger partial charge on any atom is -0.376 e. The van der Waals surface area contributed by atoms with Gasteiger partial charge in [0.1, 0.15) is 5.15 Å². The number of aromatic nitrogens is 2. The molecule has 0 saturated heterocycles. The molecule has 1 heterocycles. The van der Waals surface area contributed by atoms with E-state index < -0.39 is 0 Å². The molecule has 0 fully saturated rings. The van der Waals surface area contributed by atoms with Crippen LogP contribution in [0.3, 0.4) is 0 Å². The SMILES string of the molecule is C=C(C)COCCNCc1c(C)nn(C)c1Cl. The maximum atomic E-state index is 6.11. The largest absolute Gasteiger partial charge is 0.376 e. The van der Waals surface area contributed by atoms with Crippen LogP contribution in [-0.4, -0.2) is 29.5 Å². The van der Waals surface area contributed by atoms with E-state index >= 15 is 0 Å². The number of hydrogen-bond acceptors (Lipinski definition) is 3. The van der Waals surface area contributed by atoms with Crippen molar-refractivity contribution >= 4 is 11.6 Å². The number of hydrogen-bond donors (Lipinski definition) is 1. The molecule has 1 aromatic rings. The molecule has 5 heteroatoms. The van der Waals surface area contributed by atoms with E-state index in [-0.39, 0.29) is 0 Å². The van der Waals surface area contributed by atoms with Crippen molar-refractivity contribution in [2.75, 3.05) is 19.8 Å². The van der Waals surface area contributed by atoms with Crippen molar-refractivity contribution in [2.24, 2.45) is 7.05 Å². The summed E-state index contributed by atoms with van der Waals surface area (Å²) in [5, 5.41) is 8.22. The monoisotopic (exact) mass is 257 g/mol. The lowest BCUT2D eigenvalue weighted by Gasteiger charge is -2.06. The number of rotatable bonds is 7. The number of nitrogens with zero attached hydrogens (tertiary/aromatic N) is 2. The third kappa shape index (κ3) is 4.50. The normalized spacial score (nSPS) is 10.8. The zero-order valence-corrected chi connectivity index (χ0v) is 11.5. The number of aryl methyl sites for hydroxylation is 2. The van der Waals surface area contributed by atoms with Crippen molar-refractivity contribution in [3.05, 3.63) is 28.6 Å². The van der Waals surface area contributed by atoms with Gasteiger partial charge in [0.15, 0.2) is 0 Å². The lowest BCUT2D eigenvalue weighted by Crippen LogP contribution is -2.20. The van der Waals surface area contributed by atoms with Crippen molar-refractivity contribution < 1.29 is 4.74 Å². The Morgan fingerprint density at radius 3 is 2.82 bits per heavy atom. The third-order valence-electron chi connectivity index (χ3n) is 2.34. The van der Waals surface area contributed by atoms with Crippen LogP contribution in [0.25, 0.3) is 0 Å². The molecule has 0 aliphatic rings. The van der Waals surface area contributed by atoms with Gasteiger partial charge in [0.2, 0.25) is 0 Å². The zero-order valence-electron chi connectivity index (χ0n) is 10.7. The predicted molar refractivity (Wildman–Crippen MR) is 70.3 cm³/mol. The van der Waals surface area contributed by atoms with Crippen LogP contribution in [0.2, 0.25) is 5.15 Å². The Kier molecular flexibility index (Phi) is 5.68. The fourth-order valence-corrected chi connectivity index (χ4v) is 1.72. The van der Waals surface area contributed by atoms with Crippen LogP contribution in [0.1, 0.15) is 18.2 Å². The highest BCUT2D eigenvalue weighted by molar-refractivity contribution is 6.30. The van der Waals surface area contributed by atoms with Gasteiger partial charge in [0.05, 0.1) is 18.9 Å². The van der Waals surface area contributed by atoms with Gasteiger partial charge in [-0.05, 0) is 13.8 Å². The molecular weight excluding hydrogens is 238 g/mol. The maximum Gasteiger partial charge on any atom is 0.131 e. The quantitative estimate of drug-likeness (QED) is 0.600. The number of nitrogens with one attached hydrogen (secondary N) is 1. The highest BCUT2D eigenvalue weighted by Gasteiger charge is 2.09. The Morgan fingerprint density at radius 1 is 1.59 bits per heavy atom. The Balaban J connectivity index is 2.24. The van der Waals surface area contributed by atoms with Gasteiger partial charge in [0, 0.05) is 25.7 Å². The zero-order chi connectivity index (χ0) is 12.8. The van der Waals surface area contributed by atoms with E-state index in [4.69, 9.17) is 16.3 Å². The fourth-order valence-electron chi connectivity index (χ4n) is 1.48. The first-order chi connectivity index (χ1) is 8.02. The summed E-state index contributed by atoms with van der Waals surface area (Å²) in [6.07, 6.45) is 0. The second-order valence-electron chi connectivity index (χ2n) is 4.16. The van der Waals surface area contributed by atoms with Crippen LogP contribution < -0.4 is 5.32 Å². The summed E-state index contributed by atoms with van der Waals surface area (Å²) >= 11 is 6.11. The Morgan fingerprint density at radius 2 is 2.29 bits per heavy atom. The molecular formula is C12H20ClN3O. The van der Waals surface area contributed by atoms with Crippen LogP contribution in [0.5, 0.6) is 0 Å². The summed E-state index contributed by atoms with van der Waals surface area (Å²) in [6.45, 7) is 10.5. The maximum absolute atomic E-state index is 6.11. The molecule has 17 heavy (non-hydrogen) atoms. The summed E-state index contributed by atoms with van der Waals surface area (Å²) in [7, 11) is 1.84. The minimum atomic E-state index is 0.619. The molecule has 0 amide bonds. The standard InChI is InChI=1S/C12H20ClN3O/c1-9(2)8-17-6-5-14-7-11-10(3)15-16(4)12(11)13/h14H,1,5-8H2,2-4H3. The fraction of sp³-hybridized carbons (Fsp3) is 0.583. The van der Waals surface area contributed by atoms with E-state index in [0.29, 0.717) is 18.4 Å².